The molecule has 0 unspecified atom stereocenters. The van der Waals surface area contributed by atoms with Crippen LogP contribution in [0.5, 0.6) is 12.0 Å². The largest absolute Gasteiger partial charge is 0.469 e. The van der Waals surface area contributed by atoms with Crippen LogP contribution in [-0.4, -0.2) is 55.8 Å². The number of hydrogen-bond donors (Lipinski definition) is 2. The summed E-state index contributed by atoms with van der Waals surface area (Å²) in [4.78, 5) is 23.0. The lowest BCUT2D eigenvalue weighted by Crippen LogP contribution is -2.35. The van der Waals surface area contributed by atoms with Gasteiger partial charge in [0.25, 0.3) is 10.0 Å². The third-order valence-electron chi connectivity index (χ3n) is 3.24. The highest BCUT2D eigenvalue weighted by atomic mass is 32.2. The second kappa shape index (κ2) is 9.23. The Morgan fingerprint density at radius 3 is 2.25 bits per heavy atom. The first-order valence-electron chi connectivity index (χ1n) is 7.61. The molecule has 0 aliphatic rings. The molecular weight excluding hydrogens is 410 g/mol. The summed E-state index contributed by atoms with van der Waals surface area (Å²) in [6.07, 6.45) is -0.213. The van der Waals surface area contributed by atoms with E-state index >= 15 is 0 Å². The molecule has 2 rings (SSSR count). The van der Waals surface area contributed by atoms with E-state index in [2.05, 4.69) is 29.7 Å². The summed E-state index contributed by atoms with van der Waals surface area (Å²) >= 11 is 5.02. The highest BCUT2D eigenvalue weighted by Crippen LogP contribution is 2.17. The predicted octanol–water partition coefficient (Wildman–Crippen LogP) is 0.280. The molecule has 0 fully saturated rings. The van der Waals surface area contributed by atoms with Crippen molar-refractivity contribution >= 4 is 39.3 Å². The summed E-state index contributed by atoms with van der Waals surface area (Å²) in [7, 11) is -0.184. The topological polar surface area (TPSA) is 142 Å². The number of carbonyl (C=O) groups is 1. The lowest BCUT2D eigenvalue weighted by molar-refractivity contribution is -0.139. The summed E-state index contributed by atoms with van der Waals surface area (Å²) in [6, 6.07) is 5.87. The fraction of sp³-hybridized carbons (Fsp3) is 0.267. The SMILES string of the molecule is COC(=O)Cc1ccccc1S(=O)(=O)NC(=S)Nc1nc(OC)nc(OC)n1. The first-order valence-corrected chi connectivity index (χ1v) is 9.50. The molecular formula is C15H17N5O6S2. The van der Waals surface area contributed by atoms with Crippen LogP contribution in [0.4, 0.5) is 5.95 Å². The quantitative estimate of drug-likeness (QED) is 0.465. The third kappa shape index (κ3) is 5.47. The van der Waals surface area contributed by atoms with Crippen molar-refractivity contribution in [1.29, 1.82) is 0 Å². The maximum absolute atomic E-state index is 12.7. The Labute approximate surface area is 166 Å². The van der Waals surface area contributed by atoms with Gasteiger partial charge >= 0.3 is 18.0 Å². The van der Waals surface area contributed by atoms with Crippen molar-refractivity contribution in [3.8, 4) is 12.0 Å². The molecule has 1 aromatic carbocycles. The highest BCUT2D eigenvalue weighted by molar-refractivity contribution is 7.92. The molecule has 0 saturated carbocycles. The van der Waals surface area contributed by atoms with E-state index in [0.29, 0.717) is 0 Å². The standard InChI is InChI=1S/C15H17N5O6S2/c1-24-11(21)8-9-6-4-5-7-10(9)28(22,23)20-15(27)18-12-16-13(25-2)19-14(17-12)26-3/h4-7H,8H2,1-3H3,(H2,16,17,18,19,20,27). The average Bonchev–Trinajstić information content (AvgIpc) is 2.67. The maximum Gasteiger partial charge on any atom is 0.324 e. The Kier molecular flexibility index (Phi) is 7.00. The van der Waals surface area contributed by atoms with Crippen molar-refractivity contribution in [2.75, 3.05) is 26.6 Å². The maximum atomic E-state index is 12.7. The fourth-order valence-electron chi connectivity index (χ4n) is 2.02. The average molecular weight is 427 g/mol. The van der Waals surface area contributed by atoms with Crippen LogP contribution in [0.2, 0.25) is 0 Å². The van der Waals surface area contributed by atoms with E-state index in [1.165, 1.54) is 39.5 Å². The monoisotopic (exact) mass is 427 g/mol. The van der Waals surface area contributed by atoms with Crippen molar-refractivity contribution in [3.63, 3.8) is 0 Å². The number of thiocarbonyl (C=S) groups is 1. The number of methoxy groups -OCH3 is 3. The lowest BCUT2D eigenvalue weighted by atomic mass is 10.1. The van der Waals surface area contributed by atoms with Crippen LogP contribution in [0.3, 0.4) is 0 Å². The second-order valence-corrected chi connectivity index (χ2v) is 7.11. The van der Waals surface area contributed by atoms with Crippen LogP contribution in [0.1, 0.15) is 5.56 Å². The molecule has 1 aromatic heterocycles. The minimum absolute atomic E-state index is 0.0524. The number of anilines is 1. The van der Waals surface area contributed by atoms with Crippen molar-refractivity contribution in [1.82, 2.24) is 19.7 Å². The number of sulfonamides is 1. The molecule has 0 aliphatic carbocycles. The van der Waals surface area contributed by atoms with Crippen LogP contribution in [0.15, 0.2) is 29.2 Å². The van der Waals surface area contributed by atoms with E-state index in [0.717, 1.165) is 0 Å². The molecule has 1 heterocycles. The van der Waals surface area contributed by atoms with Crippen LogP contribution >= 0.6 is 12.2 Å². The Morgan fingerprint density at radius 2 is 1.68 bits per heavy atom. The second-order valence-electron chi connectivity index (χ2n) is 5.05. The Morgan fingerprint density at radius 1 is 1.07 bits per heavy atom. The molecule has 2 N–H and O–H groups in total. The molecule has 13 heteroatoms. The molecule has 0 saturated heterocycles. The van der Waals surface area contributed by atoms with Gasteiger partial charge in [0.05, 0.1) is 32.6 Å². The van der Waals surface area contributed by atoms with Gasteiger partial charge in [-0.25, -0.2) is 8.42 Å². The summed E-state index contributed by atoms with van der Waals surface area (Å²) in [5.74, 6) is -0.660. The minimum atomic E-state index is -4.09. The Bertz CT molecular complexity index is 960. The molecule has 0 aliphatic heterocycles. The first kappa shape index (κ1) is 21.2. The smallest absolute Gasteiger partial charge is 0.324 e. The van der Waals surface area contributed by atoms with Crippen LogP contribution in [-0.2, 0) is 26.0 Å². The number of esters is 1. The molecule has 0 atom stereocenters. The van der Waals surface area contributed by atoms with Gasteiger partial charge < -0.3 is 19.5 Å². The number of hydrogen-bond acceptors (Lipinski definition) is 10. The molecule has 0 spiro atoms. The fourth-order valence-corrected chi connectivity index (χ4v) is 3.59. The van der Waals surface area contributed by atoms with Crippen LogP contribution in [0, 0.1) is 0 Å². The van der Waals surface area contributed by atoms with Gasteiger partial charge in [-0.3, -0.25) is 9.52 Å². The molecule has 150 valence electrons. The van der Waals surface area contributed by atoms with E-state index in [1.807, 2.05) is 0 Å². The number of benzene rings is 1. The van der Waals surface area contributed by atoms with Crippen LogP contribution < -0.4 is 19.5 Å². The summed E-state index contributed by atoms with van der Waals surface area (Å²) in [5.41, 5.74) is 0.258. The number of nitrogens with zero attached hydrogens (tertiary/aromatic N) is 3. The molecule has 0 amide bonds. The molecule has 2 aromatic rings. The highest BCUT2D eigenvalue weighted by Gasteiger charge is 2.21. The van der Waals surface area contributed by atoms with Crippen molar-refractivity contribution in [3.05, 3.63) is 29.8 Å². The van der Waals surface area contributed by atoms with Crippen molar-refractivity contribution in [2.45, 2.75) is 11.3 Å². The normalized spacial score (nSPS) is 10.7. The van der Waals surface area contributed by atoms with Crippen molar-refractivity contribution < 1.29 is 27.4 Å². The number of carbonyl (C=O) groups excluding carboxylic acids is 1. The number of ether oxygens (including phenoxy) is 3. The van der Waals surface area contributed by atoms with E-state index < -0.39 is 16.0 Å². The molecule has 11 nitrogen and oxygen atoms in total. The minimum Gasteiger partial charge on any atom is -0.469 e. The van der Waals surface area contributed by atoms with Gasteiger partial charge in [0.15, 0.2) is 5.11 Å². The van der Waals surface area contributed by atoms with Gasteiger partial charge in [0, 0.05) is 0 Å². The predicted molar refractivity (Wildman–Crippen MR) is 102 cm³/mol. The third-order valence-corrected chi connectivity index (χ3v) is 5.02. The Hall–Kier alpha value is -3.06. The van der Waals surface area contributed by atoms with E-state index in [4.69, 9.17) is 21.7 Å². The Balaban J connectivity index is 2.21. The number of nitrogens with one attached hydrogen (secondary N) is 2. The number of rotatable bonds is 7. The van der Waals surface area contributed by atoms with Crippen LogP contribution in [0.25, 0.3) is 0 Å². The van der Waals surface area contributed by atoms with Gasteiger partial charge in [0.1, 0.15) is 0 Å². The zero-order valence-electron chi connectivity index (χ0n) is 15.1. The van der Waals surface area contributed by atoms with E-state index in [1.54, 1.807) is 6.07 Å². The zero-order valence-corrected chi connectivity index (χ0v) is 16.8. The zero-order chi connectivity index (χ0) is 20.7. The summed E-state index contributed by atoms with van der Waals surface area (Å²) in [6.45, 7) is 0. The molecule has 28 heavy (non-hydrogen) atoms. The van der Waals surface area contributed by atoms with Gasteiger partial charge in [-0.15, -0.1) is 4.98 Å². The van der Waals surface area contributed by atoms with E-state index in [9.17, 15) is 13.2 Å². The molecule has 0 bridgehead atoms. The van der Waals surface area contributed by atoms with Gasteiger partial charge in [-0.05, 0) is 23.8 Å². The first-order chi connectivity index (χ1) is 13.3. The summed E-state index contributed by atoms with van der Waals surface area (Å²) < 4.78 is 41.9. The summed E-state index contributed by atoms with van der Waals surface area (Å²) in [5, 5.41) is 2.21. The van der Waals surface area contributed by atoms with Gasteiger partial charge in [-0.1, -0.05) is 18.2 Å². The molecule has 0 radical (unpaired) electrons. The van der Waals surface area contributed by atoms with Crippen molar-refractivity contribution in [2.24, 2.45) is 0 Å². The number of aromatic nitrogens is 3. The van der Waals surface area contributed by atoms with Gasteiger partial charge in [0.2, 0.25) is 5.95 Å². The van der Waals surface area contributed by atoms with E-state index in [-0.39, 0.29) is 40.0 Å². The lowest BCUT2D eigenvalue weighted by Gasteiger charge is -2.13. The van der Waals surface area contributed by atoms with Gasteiger partial charge in [-0.2, -0.15) is 9.97 Å².